The number of epoxide rings is 1. The normalized spacial score (nSPS) is 25.2. The average Bonchev–Trinajstić information content (AvgIpc) is 2.95. The summed E-state index contributed by atoms with van der Waals surface area (Å²) < 4.78 is 5.45. The van der Waals surface area contributed by atoms with E-state index in [4.69, 9.17) is 4.74 Å². The molecule has 0 N–H and O–H groups in total. The highest BCUT2D eigenvalue weighted by Gasteiger charge is 2.35. The summed E-state index contributed by atoms with van der Waals surface area (Å²) >= 11 is 0. The summed E-state index contributed by atoms with van der Waals surface area (Å²) in [5.41, 5.74) is 1.30. The summed E-state index contributed by atoms with van der Waals surface area (Å²) in [5, 5.41) is 2.59. The highest BCUT2D eigenvalue weighted by molar-refractivity contribution is 5.83. The number of fused-ring (bicyclic) bond motifs is 1. The van der Waals surface area contributed by atoms with Crippen molar-refractivity contribution in [3.05, 3.63) is 48.0 Å². The quantitative estimate of drug-likeness (QED) is 0.619. The summed E-state index contributed by atoms with van der Waals surface area (Å²) in [5.74, 6) is 0. The van der Waals surface area contributed by atoms with E-state index in [1.165, 1.54) is 16.3 Å². The Morgan fingerprint density at radius 3 is 2.43 bits per heavy atom. The lowest BCUT2D eigenvalue weighted by Crippen LogP contribution is -1.83. The monoisotopic (exact) mass is 184 g/mol. The molecule has 0 bridgehead atoms. The van der Waals surface area contributed by atoms with Gasteiger partial charge in [0, 0.05) is 0 Å². The average molecular weight is 184 g/mol. The Labute approximate surface area is 83.3 Å². The van der Waals surface area contributed by atoms with E-state index >= 15 is 0 Å². The second kappa shape index (κ2) is 2.82. The van der Waals surface area contributed by atoms with Crippen LogP contribution >= 0.6 is 0 Å². The maximum Gasteiger partial charge on any atom is 0.109 e. The molecule has 2 aromatic rings. The zero-order valence-corrected chi connectivity index (χ0v) is 8.10. The van der Waals surface area contributed by atoms with E-state index in [0.717, 1.165) is 0 Å². The standard InChI is InChI=1S/C13H12O/c1-9-13(14-9)12-7-6-10-4-2-3-5-11(10)8-12/h2-9,13H,1H3/t9-,13+/m0/s1. The fraction of sp³-hybridized carbons (Fsp3) is 0.231. The van der Waals surface area contributed by atoms with Crippen molar-refractivity contribution in [2.45, 2.75) is 19.1 Å². The molecular formula is C13H12O. The first-order valence-corrected chi connectivity index (χ1v) is 4.99. The van der Waals surface area contributed by atoms with Gasteiger partial charge < -0.3 is 4.74 Å². The van der Waals surface area contributed by atoms with Crippen LogP contribution in [0.3, 0.4) is 0 Å². The first-order valence-electron chi connectivity index (χ1n) is 4.99. The maximum atomic E-state index is 5.45. The lowest BCUT2D eigenvalue weighted by molar-refractivity contribution is 0.383. The number of ether oxygens (including phenoxy) is 1. The lowest BCUT2D eigenvalue weighted by atomic mass is 10.0. The highest BCUT2D eigenvalue weighted by Crippen LogP contribution is 2.38. The van der Waals surface area contributed by atoms with Gasteiger partial charge in [-0.1, -0.05) is 36.4 Å². The Morgan fingerprint density at radius 2 is 1.71 bits per heavy atom. The van der Waals surface area contributed by atoms with Gasteiger partial charge in [-0.2, -0.15) is 0 Å². The van der Waals surface area contributed by atoms with Crippen molar-refractivity contribution in [3.8, 4) is 0 Å². The van der Waals surface area contributed by atoms with Crippen molar-refractivity contribution in [3.63, 3.8) is 0 Å². The van der Waals surface area contributed by atoms with Crippen LogP contribution in [0, 0.1) is 0 Å². The first kappa shape index (κ1) is 8.01. The van der Waals surface area contributed by atoms with Crippen LogP contribution < -0.4 is 0 Å². The first-order chi connectivity index (χ1) is 6.84. The van der Waals surface area contributed by atoms with E-state index in [1.807, 2.05) is 0 Å². The van der Waals surface area contributed by atoms with Gasteiger partial charge in [0.2, 0.25) is 0 Å². The third-order valence-corrected chi connectivity index (χ3v) is 2.81. The predicted molar refractivity (Wildman–Crippen MR) is 57.2 cm³/mol. The number of hydrogen-bond acceptors (Lipinski definition) is 1. The van der Waals surface area contributed by atoms with Crippen LogP contribution in [0.4, 0.5) is 0 Å². The molecule has 0 spiro atoms. The third-order valence-electron chi connectivity index (χ3n) is 2.81. The van der Waals surface area contributed by atoms with Crippen LogP contribution in [0.15, 0.2) is 42.5 Å². The molecule has 14 heavy (non-hydrogen) atoms. The van der Waals surface area contributed by atoms with Crippen molar-refractivity contribution in [2.75, 3.05) is 0 Å². The minimum atomic E-state index is 0.333. The Balaban J connectivity index is 2.11. The van der Waals surface area contributed by atoms with Crippen molar-refractivity contribution in [1.82, 2.24) is 0 Å². The molecule has 3 rings (SSSR count). The van der Waals surface area contributed by atoms with Crippen LogP contribution in [0.1, 0.15) is 18.6 Å². The van der Waals surface area contributed by atoms with Gasteiger partial charge in [-0.05, 0) is 29.3 Å². The molecule has 2 aromatic carbocycles. The molecule has 0 amide bonds. The van der Waals surface area contributed by atoms with Gasteiger partial charge in [0.15, 0.2) is 0 Å². The summed E-state index contributed by atoms with van der Waals surface area (Å²) in [6, 6.07) is 15.0. The number of benzene rings is 2. The molecule has 0 aliphatic carbocycles. The highest BCUT2D eigenvalue weighted by atomic mass is 16.6. The van der Waals surface area contributed by atoms with Crippen LogP contribution in [-0.4, -0.2) is 6.10 Å². The summed E-state index contributed by atoms with van der Waals surface area (Å²) in [6.07, 6.45) is 0.732. The van der Waals surface area contributed by atoms with Gasteiger partial charge in [-0.25, -0.2) is 0 Å². The lowest BCUT2D eigenvalue weighted by Gasteiger charge is -1.99. The van der Waals surface area contributed by atoms with E-state index in [9.17, 15) is 0 Å². The zero-order chi connectivity index (χ0) is 9.54. The van der Waals surface area contributed by atoms with Crippen LogP contribution in [0.5, 0.6) is 0 Å². The molecule has 1 aliphatic heterocycles. The molecule has 0 unspecified atom stereocenters. The van der Waals surface area contributed by atoms with Crippen LogP contribution in [0.2, 0.25) is 0 Å². The predicted octanol–water partition coefficient (Wildman–Crippen LogP) is 3.30. The second-order valence-corrected chi connectivity index (χ2v) is 3.87. The fourth-order valence-corrected chi connectivity index (χ4v) is 1.92. The van der Waals surface area contributed by atoms with E-state index in [0.29, 0.717) is 12.2 Å². The Bertz CT molecular complexity index is 475. The molecule has 1 nitrogen and oxygen atoms in total. The SMILES string of the molecule is C[C@@H]1O[C@H]1c1ccc2ccccc2c1. The number of rotatable bonds is 1. The summed E-state index contributed by atoms with van der Waals surface area (Å²) in [6.45, 7) is 2.11. The van der Waals surface area contributed by atoms with Crippen LogP contribution in [-0.2, 0) is 4.74 Å². The van der Waals surface area contributed by atoms with Gasteiger partial charge >= 0.3 is 0 Å². The largest absolute Gasteiger partial charge is 0.365 e. The maximum absolute atomic E-state index is 5.45. The summed E-state index contributed by atoms with van der Waals surface area (Å²) in [4.78, 5) is 0. The van der Waals surface area contributed by atoms with Gasteiger partial charge in [0.05, 0.1) is 6.10 Å². The van der Waals surface area contributed by atoms with Crippen molar-refractivity contribution in [1.29, 1.82) is 0 Å². The number of hydrogen-bond donors (Lipinski definition) is 0. The second-order valence-electron chi connectivity index (χ2n) is 3.87. The van der Waals surface area contributed by atoms with Gasteiger partial charge in [-0.15, -0.1) is 0 Å². The topological polar surface area (TPSA) is 12.5 Å². The minimum absolute atomic E-state index is 0.333. The van der Waals surface area contributed by atoms with Gasteiger partial charge in [0.1, 0.15) is 6.10 Å². The van der Waals surface area contributed by atoms with Gasteiger partial charge in [0.25, 0.3) is 0 Å². The van der Waals surface area contributed by atoms with E-state index < -0.39 is 0 Å². The molecule has 1 heteroatoms. The van der Waals surface area contributed by atoms with Gasteiger partial charge in [-0.3, -0.25) is 0 Å². The zero-order valence-electron chi connectivity index (χ0n) is 8.10. The fourth-order valence-electron chi connectivity index (χ4n) is 1.92. The molecular weight excluding hydrogens is 172 g/mol. The molecule has 1 saturated heterocycles. The van der Waals surface area contributed by atoms with Crippen molar-refractivity contribution in [2.24, 2.45) is 0 Å². The minimum Gasteiger partial charge on any atom is -0.365 e. The molecule has 0 radical (unpaired) electrons. The Morgan fingerprint density at radius 1 is 1.00 bits per heavy atom. The van der Waals surface area contributed by atoms with E-state index in [2.05, 4.69) is 49.4 Å². The van der Waals surface area contributed by atoms with Crippen molar-refractivity contribution >= 4 is 10.8 Å². The smallest absolute Gasteiger partial charge is 0.109 e. The molecule has 70 valence electrons. The van der Waals surface area contributed by atoms with E-state index in [-0.39, 0.29) is 0 Å². The van der Waals surface area contributed by atoms with Crippen molar-refractivity contribution < 1.29 is 4.74 Å². The Kier molecular flexibility index (Phi) is 1.62. The molecule has 2 atom stereocenters. The van der Waals surface area contributed by atoms with E-state index in [1.54, 1.807) is 0 Å². The summed E-state index contributed by atoms with van der Waals surface area (Å²) in [7, 11) is 0. The molecule has 0 saturated carbocycles. The van der Waals surface area contributed by atoms with Crippen LogP contribution in [0.25, 0.3) is 10.8 Å². The molecule has 0 aromatic heterocycles. The molecule has 1 aliphatic rings. The Hall–Kier alpha value is -1.34. The molecule has 1 fully saturated rings. The molecule has 1 heterocycles. The third kappa shape index (κ3) is 1.21.